The van der Waals surface area contributed by atoms with Crippen molar-refractivity contribution in [2.24, 2.45) is 0 Å². The average Bonchev–Trinajstić information content (AvgIpc) is 2.16. The molecule has 2 N–H and O–H groups in total. The van der Waals surface area contributed by atoms with E-state index in [0.717, 1.165) is 0 Å². The molecule has 0 fully saturated rings. The number of benzene rings is 1. The maximum atomic E-state index is 11.5. The lowest BCUT2D eigenvalue weighted by Gasteiger charge is -2.10. The smallest absolute Gasteiger partial charge is 0.340 e. The molecular formula is C11H15NO3. The summed E-state index contributed by atoms with van der Waals surface area (Å²) >= 11 is 0. The van der Waals surface area contributed by atoms with Gasteiger partial charge in [0.2, 0.25) is 0 Å². The number of hydrogen-bond donors (Lipinski definition) is 1. The Morgan fingerprint density at radius 3 is 2.53 bits per heavy atom. The van der Waals surface area contributed by atoms with E-state index in [2.05, 4.69) is 0 Å². The molecule has 0 radical (unpaired) electrons. The Morgan fingerprint density at radius 2 is 2.07 bits per heavy atom. The molecule has 0 amide bonds. The molecule has 0 unspecified atom stereocenters. The summed E-state index contributed by atoms with van der Waals surface area (Å²) in [5, 5.41) is 0. The molecule has 1 aromatic rings. The molecule has 0 aliphatic carbocycles. The largest absolute Gasteiger partial charge is 0.497 e. The van der Waals surface area contributed by atoms with Crippen LogP contribution in [0.4, 0.5) is 5.69 Å². The first kappa shape index (κ1) is 11.4. The minimum atomic E-state index is -0.412. The highest BCUT2D eigenvalue weighted by molar-refractivity contribution is 5.95. The van der Waals surface area contributed by atoms with Crippen molar-refractivity contribution in [1.29, 1.82) is 0 Å². The van der Waals surface area contributed by atoms with E-state index in [9.17, 15) is 4.79 Å². The Bertz CT molecular complexity index is 361. The van der Waals surface area contributed by atoms with Gasteiger partial charge in [0.25, 0.3) is 0 Å². The van der Waals surface area contributed by atoms with Crippen LogP contribution in [-0.4, -0.2) is 19.2 Å². The number of ether oxygens (including phenoxy) is 2. The number of anilines is 1. The highest BCUT2D eigenvalue weighted by atomic mass is 16.5. The van der Waals surface area contributed by atoms with Crippen LogP contribution in [0.2, 0.25) is 0 Å². The fourth-order valence-electron chi connectivity index (χ4n) is 1.13. The molecule has 4 nitrogen and oxygen atoms in total. The van der Waals surface area contributed by atoms with Crippen LogP contribution in [-0.2, 0) is 4.74 Å². The van der Waals surface area contributed by atoms with Gasteiger partial charge in [-0.25, -0.2) is 4.79 Å². The van der Waals surface area contributed by atoms with E-state index >= 15 is 0 Å². The zero-order valence-electron chi connectivity index (χ0n) is 9.11. The van der Waals surface area contributed by atoms with Crippen molar-refractivity contribution in [3.63, 3.8) is 0 Å². The number of methoxy groups -OCH3 is 1. The lowest BCUT2D eigenvalue weighted by atomic mass is 10.2. The molecule has 0 aliphatic heterocycles. The van der Waals surface area contributed by atoms with Crippen LogP contribution in [0.5, 0.6) is 5.75 Å². The predicted octanol–water partition coefficient (Wildman–Crippen LogP) is 1.84. The first-order valence-corrected chi connectivity index (χ1v) is 4.69. The van der Waals surface area contributed by atoms with E-state index < -0.39 is 5.97 Å². The number of esters is 1. The molecule has 82 valence electrons. The van der Waals surface area contributed by atoms with Crippen molar-refractivity contribution in [1.82, 2.24) is 0 Å². The second kappa shape index (κ2) is 4.68. The first-order chi connectivity index (χ1) is 7.04. The van der Waals surface area contributed by atoms with Gasteiger partial charge >= 0.3 is 5.97 Å². The molecule has 4 heteroatoms. The molecule has 1 rings (SSSR count). The monoisotopic (exact) mass is 209 g/mol. The Balaban J connectivity index is 2.90. The molecule has 0 saturated carbocycles. The second-order valence-electron chi connectivity index (χ2n) is 3.41. The standard InChI is InChI=1S/C11H15NO3/c1-7(2)15-11(13)9-5-4-8(14-3)6-10(9)12/h4-7H,12H2,1-3H3. The maximum Gasteiger partial charge on any atom is 0.340 e. The molecule has 0 bridgehead atoms. The highest BCUT2D eigenvalue weighted by Crippen LogP contribution is 2.20. The van der Waals surface area contributed by atoms with Gasteiger partial charge < -0.3 is 15.2 Å². The van der Waals surface area contributed by atoms with Gasteiger partial charge in [-0.3, -0.25) is 0 Å². The van der Waals surface area contributed by atoms with E-state index in [4.69, 9.17) is 15.2 Å². The van der Waals surface area contributed by atoms with Crippen LogP contribution in [0.3, 0.4) is 0 Å². The molecule has 0 heterocycles. The summed E-state index contributed by atoms with van der Waals surface area (Å²) < 4.78 is 10.0. The average molecular weight is 209 g/mol. The number of nitrogen functional groups attached to an aromatic ring is 1. The topological polar surface area (TPSA) is 61.5 Å². The van der Waals surface area contributed by atoms with Crippen LogP contribution in [0.25, 0.3) is 0 Å². The van der Waals surface area contributed by atoms with Gasteiger partial charge in [0.1, 0.15) is 5.75 Å². The van der Waals surface area contributed by atoms with Gasteiger partial charge in [-0.2, -0.15) is 0 Å². The molecular weight excluding hydrogens is 194 g/mol. The molecule has 0 saturated heterocycles. The van der Waals surface area contributed by atoms with Crippen LogP contribution < -0.4 is 10.5 Å². The molecule has 1 aromatic carbocycles. The van der Waals surface area contributed by atoms with Crippen molar-refractivity contribution >= 4 is 11.7 Å². The Hall–Kier alpha value is -1.71. The Morgan fingerprint density at radius 1 is 1.40 bits per heavy atom. The normalized spacial score (nSPS) is 10.1. The maximum absolute atomic E-state index is 11.5. The van der Waals surface area contributed by atoms with E-state index in [1.54, 1.807) is 39.2 Å². The predicted molar refractivity (Wildman–Crippen MR) is 58.0 cm³/mol. The third-order valence-corrected chi connectivity index (χ3v) is 1.82. The van der Waals surface area contributed by atoms with Gasteiger partial charge in [0.05, 0.1) is 18.8 Å². The van der Waals surface area contributed by atoms with Gasteiger partial charge in [-0.15, -0.1) is 0 Å². The van der Waals surface area contributed by atoms with Crippen molar-refractivity contribution in [2.75, 3.05) is 12.8 Å². The summed E-state index contributed by atoms with van der Waals surface area (Å²) in [6, 6.07) is 4.86. The summed E-state index contributed by atoms with van der Waals surface area (Å²) in [6.07, 6.45) is -0.154. The Kier molecular flexibility index (Phi) is 3.55. The van der Waals surface area contributed by atoms with Gasteiger partial charge in [0, 0.05) is 11.8 Å². The second-order valence-corrected chi connectivity index (χ2v) is 3.41. The zero-order valence-corrected chi connectivity index (χ0v) is 9.11. The SMILES string of the molecule is COc1ccc(C(=O)OC(C)C)c(N)c1. The third-order valence-electron chi connectivity index (χ3n) is 1.82. The van der Waals surface area contributed by atoms with E-state index in [-0.39, 0.29) is 6.10 Å². The van der Waals surface area contributed by atoms with Crippen LogP contribution in [0.15, 0.2) is 18.2 Å². The minimum Gasteiger partial charge on any atom is -0.497 e. The molecule has 0 spiro atoms. The van der Waals surface area contributed by atoms with Crippen LogP contribution in [0, 0.1) is 0 Å². The summed E-state index contributed by atoms with van der Waals surface area (Å²) in [5.41, 5.74) is 6.42. The molecule has 0 atom stereocenters. The number of nitrogens with two attached hydrogens (primary N) is 1. The molecule has 0 aromatic heterocycles. The van der Waals surface area contributed by atoms with E-state index in [1.165, 1.54) is 0 Å². The van der Waals surface area contributed by atoms with Gasteiger partial charge in [-0.1, -0.05) is 0 Å². The summed E-state index contributed by atoms with van der Waals surface area (Å²) in [7, 11) is 1.54. The Labute approximate surface area is 89.0 Å². The van der Waals surface area contributed by atoms with Gasteiger partial charge in [0.15, 0.2) is 0 Å². The van der Waals surface area contributed by atoms with E-state index in [0.29, 0.717) is 17.0 Å². The zero-order chi connectivity index (χ0) is 11.4. The lowest BCUT2D eigenvalue weighted by Crippen LogP contribution is -2.13. The number of carbonyl (C=O) groups excluding carboxylic acids is 1. The van der Waals surface area contributed by atoms with E-state index in [1.807, 2.05) is 0 Å². The van der Waals surface area contributed by atoms with Crippen LogP contribution >= 0.6 is 0 Å². The third kappa shape index (κ3) is 2.87. The van der Waals surface area contributed by atoms with Crippen molar-refractivity contribution in [3.05, 3.63) is 23.8 Å². The number of rotatable bonds is 3. The lowest BCUT2D eigenvalue weighted by molar-refractivity contribution is 0.0379. The number of carbonyl (C=O) groups is 1. The molecule has 0 aliphatic rings. The number of hydrogen-bond acceptors (Lipinski definition) is 4. The molecule has 15 heavy (non-hydrogen) atoms. The van der Waals surface area contributed by atoms with Crippen LogP contribution in [0.1, 0.15) is 24.2 Å². The summed E-state index contributed by atoms with van der Waals surface area (Å²) in [4.78, 5) is 11.5. The highest BCUT2D eigenvalue weighted by Gasteiger charge is 2.12. The van der Waals surface area contributed by atoms with Crippen molar-refractivity contribution < 1.29 is 14.3 Å². The summed E-state index contributed by atoms with van der Waals surface area (Å²) in [6.45, 7) is 3.58. The fraction of sp³-hybridized carbons (Fsp3) is 0.364. The van der Waals surface area contributed by atoms with Crippen molar-refractivity contribution in [3.8, 4) is 5.75 Å². The minimum absolute atomic E-state index is 0.154. The first-order valence-electron chi connectivity index (χ1n) is 4.69. The van der Waals surface area contributed by atoms with Gasteiger partial charge in [-0.05, 0) is 26.0 Å². The van der Waals surface area contributed by atoms with Crippen molar-refractivity contribution in [2.45, 2.75) is 20.0 Å². The quantitative estimate of drug-likeness (QED) is 0.609. The summed E-state index contributed by atoms with van der Waals surface area (Å²) in [5.74, 6) is 0.207. The fourth-order valence-corrected chi connectivity index (χ4v) is 1.13.